The average Bonchev–Trinajstić information content (AvgIpc) is 3.65. The molecule has 4 fully saturated rings. The zero-order chi connectivity index (χ0) is 34.9. The molecule has 8 unspecified atom stereocenters. The van der Waals surface area contributed by atoms with Gasteiger partial charge in [-0.15, -0.1) is 0 Å². The van der Waals surface area contributed by atoms with Crippen LogP contribution in [0.5, 0.6) is 0 Å². The molecule has 47 heavy (non-hydrogen) atoms. The third-order valence-electron chi connectivity index (χ3n) is 13.9. The van der Waals surface area contributed by atoms with Gasteiger partial charge in [0.15, 0.2) is 5.78 Å². The topological polar surface area (TPSA) is 88.6 Å². The molecule has 0 bridgehead atoms. The molecule has 3 heterocycles. The van der Waals surface area contributed by atoms with Crippen molar-refractivity contribution in [3.63, 3.8) is 0 Å². The van der Waals surface area contributed by atoms with E-state index in [9.17, 15) is 9.90 Å². The molecule has 6 nitrogen and oxygen atoms in total. The third kappa shape index (κ3) is 5.12. The van der Waals surface area contributed by atoms with E-state index in [4.69, 9.17) is 14.3 Å². The molecule has 2 aromatic rings. The fraction of sp³-hybridized carbons (Fsp3) is 0.756. The van der Waals surface area contributed by atoms with Crippen molar-refractivity contribution in [2.45, 2.75) is 162 Å². The number of carbonyl (C=O) groups is 2. The van der Waals surface area contributed by atoms with E-state index >= 15 is 0 Å². The van der Waals surface area contributed by atoms with Crippen LogP contribution in [0, 0.1) is 35.0 Å². The highest BCUT2D eigenvalue weighted by Crippen LogP contribution is 2.68. The Morgan fingerprint density at radius 3 is 2.26 bits per heavy atom. The van der Waals surface area contributed by atoms with Gasteiger partial charge in [0.2, 0.25) is 0 Å². The van der Waals surface area contributed by atoms with Crippen LogP contribution in [0.4, 0.5) is 0 Å². The monoisotopic (exact) mass is 649 g/mol. The summed E-state index contributed by atoms with van der Waals surface area (Å²) in [5.41, 5.74) is 5.63. The average molecular weight is 650 g/mol. The number of ether oxygens (including phenoxy) is 2. The summed E-state index contributed by atoms with van der Waals surface area (Å²) in [6.07, 6.45) is 9.14. The number of ketones is 1. The van der Waals surface area contributed by atoms with Crippen LogP contribution >= 0.6 is 0 Å². The molecule has 1 aromatic carbocycles. The number of aromatic nitrogens is 1. The first-order chi connectivity index (χ1) is 22.3. The molecule has 2 N–H and O–H groups in total. The van der Waals surface area contributed by atoms with E-state index in [0.717, 1.165) is 37.7 Å². The van der Waals surface area contributed by atoms with Crippen molar-refractivity contribution in [2.75, 3.05) is 0 Å². The molecule has 2 saturated carbocycles. The van der Waals surface area contributed by atoms with Crippen LogP contribution in [0.1, 0.15) is 142 Å². The predicted octanol–water partition coefficient (Wildman–Crippen LogP) is 8.78. The summed E-state index contributed by atoms with van der Waals surface area (Å²) < 4.78 is 13.0. The summed E-state index contributed by atoms with van der Waals surface area (Å²) in [7, 11) is 0. The normalized spacial score (nSPS) is 39.2. The van der Waals surface area contributed by atoms with Crippen LogP contribution in [0.15, 0.2) is 12.1 Å². The molecule has 1 aromatic heterocycles. The van der Waals surface area contributed by atoms with E-state index in [-0.39, 0.29) is 46.6 Å². The minimum atomic E-state index is -0.779. The van der Waals surface area contributed by atoms with Crippen molar-refractivity contribution in [1.82, 2.24) is 4.98 Å². The molecule has 2 saturated heterocycles. The van der Waals surface area contributed by atoms with Gasteiger partial charge in [-0.2, -0.15) is 0 Å². The van der Waals surface area contributed by atoms with Crippen molar-refractivity contribution in [3.05, 3.63) is 34.5 Å². The molecule has 0 amide bonds. The molecule has 4 aliphatic carbocycles. The van der Waals surface area contributed by atoms with Gasteiger partial charge in [0, 0.05) is 33.5 Å². The minimum absolute atomic E-state index is 0.0282. The molecular weight excluding hydrogens is 586 g/mol. The van der Waals surface area contributed by atoms with Crippen molar-refractivity contribution in [2.24, 2.45) is 35.0 Å². The number of fused-ring (bicyclic) bond motifs is 12. The smallest absolute Gasteiger partial charge is 0.169 e. The summed E-state index contributed by atoms with van der Waals surface area (Å²) in [6.45, 7) is 25.4. The Hall–Kier alpha value is -2.02. The molecule has 6 heteroatoms. The fourth-order valence-corrected chi connectivity index (χ4v) is 11.7. The van der Waals surface area contributed by atoms with Gasteiger partial charge < -0.3 is 24.4 Å². The molecule has 262 valence electrons. The second-order valence-corrected chi connectivity index (χ2v) is 16.4. The van der Waals surface area contributed by atoms with Gasteiger partial charge in [-0.3, -0.25) is 4.79 Å². The summed E-state index contributed by atoms with van der Waals surface area (Å²) in [6, 6.07) is 4.30. The highest BCUT2D eigenvalue weighted by molar-refractivity contribution is 6.06. The number of hydrogen-bond donors (Lipinski definition) is 2. The number of nitrogens with one attached hydrogen (secondary N) is 1. The highest BCUT2D eigenvalue weighted by atomic mass is 16.5. The second kappa shape index (κ2) is 12.7. The largest absolute Gasteiger partial charge is 0.388 e. The summed E-state index contributed by atoms with van der Waals surface area (Å²) in [5, 5.41) is 12.1. The SMILES string of the molecule is C=O.CC.CC.C[C@H]1OC(C)(C)C2Cc3c(ccc4[nH]c5c(c34)CC3CCC4C6CCC(C(C)(C)O)OC6CCC4(C)[C@@]53C)C(=O)C21. The predicted molar refractivity (Wildman–Crippen MR) is 190 cm³/mol. The van der Waals surface area contributed by atoms with Gasteiger partial charge in [-0.25, -0.2) is 0 Å². The van der Waals surface area contributed by atoms with Gasteiger partial charge in [-0.05, 0) is 132 Å². The maximum atomic E-state index is 13.9. The molecule has 0 radical (unpaired) electrons. The van der Waals surface area contributed by atoms with E-state index in [1.165, 1.54) is 47.0 Å². The first kappa shape index (κ1) is 36.3. The van der Waals surface area contributed by atoms with Gasteiger partial charge in [0.1, 0.15) is 6.79 Å². The summed E-state index contributed by atoms with van der Waals surface area (Å²) in [5.74, 6) is 2.33. The number of carbonyl (C=O) groups excluding carboxylic acids is 2. The van der Waals surface area contributed by atoms with Crippen molar-refractivity contribution >= 4 is 23.5 Å². The second-order valence-electron chi connectivity index (χ2n) is 16.4. The number of hydrogen-bond acceptors (Lipinski definition) is 5. The Kier molecular flexibility index (Phi) is 9.80. The molecule has 0 spiro atoms. The van der Waals surface area contributed by atoms with Crippen molar-refractivity contribution in [1.29, 1.82) is 0 Å². The molecule has 8 rings (SSSR count). The number of rotatable bonds is 1. The van der Waals surface area contributed by atoms with Crippen LogP contribution in [0.25, 0.3) is 10.9 Å². The van der Waals surface area contributed by atoms with Crippen molar-refractivity contribution in [3.8, 4) is 0 Å². The number of aromatic amines is 1. The summed E-state index contributed by atoms with van der Waals surface area (Å²) in [4.78, 5) is 25.9. The first-order valence-corrected chi connectivity index (χ1v) is 18.8. The van der Waals surface area contributed by atoms with Gasteiger partial charge in [-0.1, -0.05) is 41.5 Å². The lowest BCUT2D eigenvalue weighted by Crippen LogP contribution is -2.61. The maximum absolute atomic E-state index is 13.9. The molecule has 2 aliphatic heterocycles. The molecule has 6 aliphatic rings. The van der Waals surface area contributed by atoms with Crippen LogP contribution in [-0.4, -0.2) is 52.2 Å². The van der Waals surface area contributed by atoms with Crippen LogP contribution in [-0.2, 0) is 32.5 Å². The number of aliphatic hydroxyl groups is 1. The zero-order valence-electron chi connectivity index (χ0n) is 31.2. The quantitative estimate of drug-likeness (QED) is 0.322. The standard InChI is InChI=1S/C36H49NO4.2C2H6.CH2O/c1-18-29-25(34(4,5)41-18)17-22-20(31(29)38)9-12-26-30(22)23-16-19-8-11-24-21-10-13-28(33(2,3)39)40-27(21)14-15-35(24,6)36(19,7)32(23)37-26;3*1-2/h9,12,18-19,21,24-25,27-29,37,39H,8,10-11,13-17H2,1-7H3;2*1-2H3;1H2/t18-,19?,21?,24?,25?,27?,28?,29?,35?,36-;;;/m1.../s1. The third-order valence-corrected chi connectivity index (χ3v) is 13.9. The Balaban J connectivity index is 0.000000686. The zero-order valence-corrected chi connectivity index (χ0v) is 31.2. The van der Waals surface area contributed by atoms with Crippen LogP contribution in [0.3, 0.4) is 0 Å². The Morgan fingerprint density at radius 1 is 0.915 bits per heavy atom. The lowest BCUT2D eigenvalue weighted by Gasteiger charge is -2.63. The molecular formula is C41H63NO5. The summed E-state index contributed by atoms with van der Waals surface area (Å²) >= 11 is 0. The van der Waals surface area contributed by atoms with E-state index < -0.39 is 5.60 Å². The fourth-order valence-electron chi connectivity index (χ4n) is 11.7. The van der Waals surface area contributed by atoms with Crippen LogP contribution in [0.2, 0.25) is 0 Å². The maximum Gasteiger partial charge on any atom is 0.169 e. The first-order valence-electron chi connectivity index (χ1n) is 18.8. The van der Waals surface area contributed by atoms with Gasteiger partial charge >= 0.3 is 0 Å². The number of Topliss-reactive ketones (excluding diaryl/α,β-unsaturated/α-hetero) is 1. The van der Waals surface area contributed by atoms with Crippen molar-refractivity contribution < 1.29 is 24.2 Å². The molecule has 10 atom stereocenters. The van der Waals surface area contributed by atoms with Crippen LogP contribution < -0.4 is 0 Å². The Bertz CT molecular complexity index is 1470. The van der Waals surface area contributed by atoms with Gasteiger partial charge in [0.25, 0.3) is 0 Å². The number of benzene rings is 1. The lowest BCUT2D eigenvalue weighted by molar-refractivity contribution is -0.210. The van der Waals surface area contributed by atoms with E-state index in [1.807, 2.05) is 48.3 Å². The van der Waals surface area contributed by atoms with E-state index in [2.05, 4.69) is 51.7 Å². The Labute approximate surface area is 284 Å². The lowest BCUT2D eigenvalue weighted by atomic mass is 9.43. The van der Waals surface area contributed by atoms with E-state index in [1.54, 1.807) is 0 Å². The Morgan fingerprint density at radius 2 is 1.60 bits per heavy atom. The highest BCUT2D eigenvalue weighted by Gasteiger charge is 2.65. The van der Waals surface area contributed by atoms with Gasteiger partial charge in [0.05, 0.1) is 35.4 Å². The van der Waals surface area contributed by atoms with E-state index in [0.29, 0.717) is 23.5 Å². The minimum Gasteiger partial charge on any atom is -0.388 e. The number of H-pyrrole nitrogens is 1.